The second-order valence-corrected chi connectivity index (χ2v) is 5.08. The molecule has 2 N–H and O–H groups in total. The van der Waals surface area contributed by atoms with Gasteiger partial charge in [0.05, 0.1) is 24.4 Å². The fourth-order valence-corrected chi connectivity index (χ4v) is 2.25. The SMILES string of the molecule is CCCCCN(CCO)C(=O)Nc1cccc(Cl)c1OC. The molecule has 1 rings (SSSR count). The minimum absolute atomic E-state index is 0.0633. The van der Waals surface area contributed by atoms with Gasteiger partial charge in [0.2, 0.25) is 0 Å². The number of urea groups is 1. The zero-order chi connectivity index (χ0) is 15.7. The first-order valence-electron chi connectivity index (χ1n) is 7.13. The van der Waals surface area contributed by atoms with E-state index in [4.69, 9.17) is 21.4 Å². The van der Waals surface area contributed by atoms with Crippen LogP contribution in [-0.4, -0.2) is 42.8 Å². The highest BCUT2D eigenvalue weighted by Crippen LogP contribution is 2.32. The van der Waals surface area contributed by atoms with Crippen molar-refractivity contribution in [3.05, 3.63) is 23.2 Å². The first-order valence-corrected chi connectivity index (χ1v) is 7.51. The topological polar surface area (TPSA) is 61.8 Å². The van der Waals surface area contributed by atoms with E-state index in [1.165, 1.54) is 7.11 Å². The fraction of sp³-hybridized carbons (Fsp3) is 0.533. The van der Waals surface area contributed by atoms with Crippen molar-refractivity contribution >= 4 is 23.3 Å². The molecule has 0 aliphatic rings. The lowest BCUT2D eigenvalue weighted by atomic mass is 10.2. The minimum Gasteiger partial charge on any atom is -0.493 e. The summed E-state index contributed by atoms with van der Waals surface area (Å²) in [5.41, 5.74) is 0.522. The Labute approximate surface area is 130 Å². The highest BCUT2D eigenvalue weighted by atomic mass is 35.5. The number of aliphatic hydroxyl groups excluding tert-OH is 1. The first-order chi connectivity index (χ1) is 10.1. The van der Waals surface area contributed by atoms with Crippen molar-refractivity contribution in [3.8, 4) is 5.75 Å². The molecule has 21 heavy (non-hydrogen) atoms. The number of carbonyl (C=O) groups is 1. The Balaban J connectivity index is 2.74. The van der Waals surface area contributed by atoms with Gasteiger partial charge in [-0.05, 0) is 18.6 Å². The molecule has 6 heteroatoms. The fourth-order valence-electron chi connectivity index (χ4n) is 2.00. The summed E-state index contributed by atoms with van der Waals surface area (Å²) in [5.74, 6) is 0.435. The van der Waals surface area contributed by atoms with E-state index in [1.807, 2.05) is 0 Å². The molecular formula is C15H23ClN2O3. The third-order valence-electron chi connectivity index (χ3n) is 3.10. The molecule has 2 amide bonds. The maximum absolute atomic E-state index is 12.3. The Bertz CT molecular complexity index is 455. The third kappa shape index (κ3) is 5.44. The number of rotatable bonds is 8. The summed E-state index contributed by atoms with van der Waals surface area (Å²) in [6.07, 6.45) is 3.04. The average Bonchev–Trinajstić information content (AvgIpc) is 2.46. The summed E-state index contributed by atoms with van der Waals surface area (Å²) in [4.78, 5) is 13.9. The Morgan fingerprint density at radius 2 is 2.14 bits per heavy atom. The van der Waals surface area contributed by atoms with Gasteiger partial charge in [-0.1, -0.05) is 37.4 Å². The second kappa shape index (κ2) is 9.47. The van der Waals surface area contributed by atoms with Crippen molar-refractivity contribution in [2.45, 2.75) is 26.2 Å². The van der Waals surface area contributed by atoms with E-state index in [0.29, 0.717) is 29.5 Å². The molecule has 5 nitrogen and oxygen atoms in total. The van der Waals surface area contributed by atoms with Crippen molar-refractivity contribution in [1.29, 1.82) is 0 Å². The molecule has 0 saturated carbocycles. The first kappa shape index (κ1) is 17.6. The molecule has 0 aliphatic carbocycles. The van der Waals surface area contributed by atoms with E-state index < -0.39 is 0 Å². The summed E-state index contributed by atoms with van der Waals surface area (Å²) >= 11 is 6.03. The van der Waals surface area contributed by atoms with Crippen LogP contribution >= 0.6 is 11.6 Å². The van der Waals surface area contributed by atoms with Gasteiger partial charge in [-0.2, -0.15) is 0 Å². The van der Waals surface area contributed by atoms with Gasteiger partial charge in [-0.25, -0.2) is 4.79 Å². The number of hydrogen-bond acceptors (Lipinski definition) is 3. The Morgan fingerprint density at radius 3 is 2.76 bits per heavy atom. The number of para-hydroxylation sites is 1. The van der Waals surface area contributed by atoms with Crippen molar-refractivity contribution in [2.24, 2.45) is 0 Å². The van der Waals surface area contributed by atoms with Gasteiger partial charge < -0.3 is 20.1 Å². The van der Waals surface area contributed by atoms with Crippen LogP contribution in [0, 0.1) is 0 Å². The van der Waals surface area contributed by atoms with Crippen molar-refractivity contribution in [1.82, 2.24) is 4.90 Å². The zero-order valence-corrected chi connectivity index (χ0v) is 13.3. The van der Waals surface area contributed by atoms with Gasteiger partial charge in [-0.15, -0.1) is 0 Å². The summed E-state index contributed by atoms with van der Waals surface area (Å²) in [7, 11) is 1.50. The number of unbranched alkanes of at least 4 members (excludes halogenated alkanes) is 2. The number of nitrogens with one attached hydrogen (secondary N) is 1. The molecule has 1 aromatic rings. The zero-order valence-electron chi connectivity index (χ0n) is 12.6. The van der Waals surface area contributed by atoms with Crippen molar-refractivity contribution in [3.63, 3.8) is 0 Å². The van der Waals surface area contributed by atoms with Gasteiger partial charge >= 0.3 is 6.03 Å². The van der Waals surface area contributed by atoms with Crippen LogP contribution in [0.2, 0.25) is 5.02 Å². The van der Waals surface area contributed by atoms with Gasteiger partial charge in [-0.3, -0.25) is 0 Å². The predicted molar refractivity (Wildman–Crippen MR) is 85.2 cm³/mol. The number of nitrogens with zero attached hydrogens (tertiary/aromatic N) is 1. The van der Waals surface area contributed by atoms with Crippen LogP contribution in [0.4, 0.5) is 10.5 Å². The van der Waals surface area contributed by atoms with E-state index in [9.17, 15) is 4.79 Å². The minimum atomic E-state index is -0.263. The predicted octanol–water partition coefficient (Wildman–Crippen LogP) is 3.37. The quantitative estimate of drug-likeness (QED) is 0.723. The van der Waals surface area contributed by atoms with Gasteiger partial charge in [0.1, 0.15) is 0 Å². The molecule has 0 saturated heterocycles. The lowest BCUT2D eigenvalue weighted by molar-refractivity contribution is 0.187. The van der Waals surface area contributed by atoms with Gasteiger partial charge in [0, 0.05) is 13.1 Å². The molecule has 1 aromatic carbocycles. The van der Waals surface area contributed by atoms with E-state index in [2.05, 4.69) is 12.2 Å². The van der Waals surface area contributed by atoms with Crippen LogP contribution in [0.3, 0.4) is 0 Å². The third-order valence-corrected chi connectivity index (χ3v) is 3.40. The second-order valence-electron chi connectivity index (χ2n) is 4.67. The number of hydrogen-bond donors (Lipinski definition) is 2. The number of carbonyl (C=O) groups excluding carboxylic acids is 1. The molecule has 0 bridgehead atoms. The maximum atomic E-state index is 12.3. The molecule has 0 atom stereocenters. The summed E-state index contributed by atoms with van der Waals surface area (Å²) < 4.78 is 5.20. The number of methoxy groups -OCH3 is 1. The molecule has 0 spiro atoms. The Hall–Kier alpha value is -1.46. The molecule has 0 radical (unpaired) electrons. The van der Waals surface area contributed by atoms with Crippen molar-refractivity contribution < 1.29 is 14.6 Å². The normalized spacial score (nSPS) is 10.3. The molecule has 0 aliphatic heterocycles. The van der Waals surface area contributed by atoms with Gasteiger partial charge in [0.15, 0.2) is 5.75 Å². The molecule has 118 valence electrons. The Kier molecular flexibility index (Phi) is 7.93. The summed E-state index contributed by atoms with van der Waals surface area (Å²) in [5, 5.41) is 12.3. The number of benzene rings is 1. The highest BCUT2D eigenvalue weighted by Gasteiger charge is 2.15. The number of ether oxygens (including phenoxy) is 1. The molecule has 0 unspecified atom stereocenters. The maximum Gasteiger partial charge on any atom is 0.322 e. The molecule has 0 heterocycles. The van der Waals surface area contributed by atoms with Crippen molar-refractivity contribution in [2.75, 3.05) is 32.1 Å². The van der Waals surface area contributed by atoms with E-state index in [0.717, 1.165) is 19.3 Å². The standard InChI is InChI=1S/C15H23ClN2O3/c1-3-4-5-9-18(10-11-19)15(20)17-13-8-6-7-12(16)14(13)21-2/h6-8,19H,3-5,9-11H2,1-2H3,(H,17,20). The summed E-state index contributed by atoms with van der Waals surface area (Å²) in [6.45, 7) is 2.96. The Morgan fingerprint density at radius 1 is 1.38 bits per heavy atom. The van der Waals surface area contributed by atoms with Crippen LogP contribution in [0.15, 0.2) is 18.2 Å². The van der Waals surface area contributed by atoms with Crippen LogP contribution in [0.25, 0.3) is 0 Å². The molecular weight excluding hydrogens is 292 g/mol. The van der Waals surface area contributed by atoms with Crippen LogP contribution in [0.1, 0.15) is 26.2 Å². The number of halogens is 1. The van der Waals surface area contributed by atoms with E-state index in [1.54, 1.807) is 23.1 Å². The van der Waals surface area contributed by atoms with Gasteiger partial charge in [0.25, 0.3) is 0 Å². The monoisotopic (exact) mass is 314 g/mol. The van der Waals surface area contributed by atoms with Crippen LogP contribution in [-0.2, 0) is 0 Å². The number of aliphatic hydroxyl groups is 1. The number of anilines is 1. The number of amides is 2. The average molecular weight is 315 g/mol. The van der Waals surface area contributed by atoms with Crippen LogP contribution in [0.5, 0.6) is 5.75 Å². The molecule has 0 fully saturated rings. The van der Waals surface area contributed by atoms with E-state index >= 15 is 0 Å². The summed E-state index contributed by atoms with van der Waals surface area (Å²) in [6, 6.07) is 4.91. The largest absolute Gasteiger partial charge is 0.493 e. The highest BCUT2D eigenvalue weighted by molar-refractivity contribution is 6.32. The lowest BCUT2D eigenvalue weighted by Gasteiger charge is -2.23. The van der Waals surface area contributed by atoms with Crippen LogP contribution < -0.4 is 10.1 Å². The van der Waals surface area contributed by atoms with E-state index in [-0.39, 0.29) is 12.6 Å². The lowest BCUT2D eigenvalue weighted by Crippen LogP contribution is -2.37. The smallest absolute Gasteiger partial charge is 0.322 e. The molecule has 0 aromatic heterocycles.